The Balaban J connectivity index is 1.91. The summed E-state index contributed by atoms with van der Waals surface area (Å²) in [6.45, 7) is 0.261. The molecule has 3 atom stereocenters. The highest BCUT2D eigenvalue weighted by Crippen LogP contribution is 2.49. The van der Waals surface area contributed by atoms with E-state index >= 15 is 0 Å². The number of rotatable bonds is 1. The highest BCUT2D eigenvalue weighted by molar-refractivity contribution is 5.77. The lowest BCUT2D eigenvalue weighted by atomic mass is 9.67. The minimum Gasteiger partial charge on any atom is -0.504 e. The molecule has 6 nitrogen and oxygen atoms in total. The number of aromatic hydroxyl groups is 4. The first kappa shape index (κ1) is 14.7. The molecule has 0 saturated carbocycles. The number of phenolic OH excluding ortho intramolecular Hbond substituents is 4. The van der Waals surface area contributed by atoms with Crippen molar-refractivity contribution in [3.63, 3.8) is 0 Å². The van der Waals surface area contributed by atoms with Gasteiger partial charge in [0, 0.05) is 11.8 Å². The molecule has 1 aliphatic carbocycles. The summed E-state index contributed by atoms with van der Waals surface area (Å²) in [5, 5.41) is 39.1. The number of fused-ring (bicyclic) bond motifs is 2. The van der Waals surface area contributed by atoms with E-state index in [9.17, 15) is 25.2 Å². The normalized spacial score (nSPS) is 25.0. The van der Waals surface area contributed by atoms with E-state index in [0.29, 0.717) is 12.0 Å². The lowest BCUT2D eigenvalue weighted by molar-refractivity contribution is -0.141. The second-order valence-electron chi connectivity index (χ2n) is 6.37. The lowest BCUT2D eigenvalue weighted by Gasteiger charge is -2.33. The van der Waals surface area contributed by atoms with Gasteiger partial charge in [-0.2, -0.15) is 0 Å². The number of phenols is 4. The van der Waals surface area contributed by atoms with Gasteiger partial charge in [0.1, 0.15) is 0 Å². The maximum atomic E-state index is 12.0. The Hall–Kier alpha value is -2.89. The van der Waals surface area contributed by atoms with E-state index in [0.717, 1.165) is 11.1 Å². The van der Waals surface area contributed by atoms with Gasteiger partial charge in [-0.05, 0) is 47.4 Å². The van der Waals surface area contributed by atoms with E-state index in [1.165, 1.54) is 24.3 Å². The van der Waals surface area contributed by atoms with Crippen LogP contribution in [0.2, 0.25) is 0 Å². The number of cyclic esters (lactones) is 1. The van der Waals surface area contributed by atoms with Crippen LogP contribution >= 0.6 is 0 Å². The smallest absolute Gasteiger partial charge is 0.309 e. The number of ether oxygens (including phenoxy) is 1. The number of benzene rings is 2. The van der Waals surface area contributed by atoms with Crippen molar-refractivity contribution in [1.29, 1.82) is 0 Å². The van der Waals surface area contributed by atoms with Gasteiger partial charge in [-0.15, -0.1) is 0 Å². The van der Waals surface area contributed by atoms with Crippen molar-refractivity contribution in [3.05, 3.63) is 47.0 Å². The second-order valence-corrected chi connectivity index (χ2v) is 6.37. The molecular formula is C18H16O6. The first-order valence-electron chi connectivity index (χ1n) is 7.69. The molecule has 1 fully saturated rings. The van der Waals surface area contributed by atoms with E-state index in [4.69, 9.17) is 4.74 Å². The van der Waals surface area contributed by atoms with Crippen molar-refractivity contribution in [2.24, 2.45) is 11.8 Å². The summed E-state index contributed by atoms with van der Waals surface area (Å²) in [6, 6.07) is 7.50. The maximum absolute atomic E-state index is 12.0. The summed E-state index contributed by atoms with van der Waals surface area (Å²) in [4.78, 5) is 12.0. The van der Waals surface area contributed by atoms with E-state index < -0.39 is 0 Å². The van der Waals surface area contributed by atoms with E-state index in [1.807, 2.05) is 0 Å². The van der Waals surface area contributed by atoms with Crippen molar-refractivity contribution < 1.29 is 30.0 Å². The van der Waals surface area contributed by atoms with Gasteiger partial charge >= 0.3 is 5.97 Å². The third-order valence-electron chi connectivity index (χ3n) is 5.04. The predicted octanol–water partition coefficient (Wildman–Crippen LogP) is 1.99. The quantitative estimate of drug-likeness (QED) is 0.471. The molecule has 0 aromatic heterocycles. The summed E-state index contributed by atoms with van der Waals surface area (Å²) in [6.07, 6.45) is 0.438. The fourth-order valence-electron chi connectivity index (χ4n) is 3.87. The van der Waals surface area contributed by atoms with Gasteiger partial charge in [0.2, 0.25) is 0 Å². The van der Waals surface area contributed by atoms with Crippen LogP contribution in [0.4, 0.5) is 0 Å². The monoisotopic (exact) mass is 328 g/mol. The average Bonchev–Trinajstić information content (AvgIpc) is 2.90. The first-order valence-corrected chi connectivity index (χ1v) is 7.69. The molecule has 0 unspecified atom stereocenters. The number of carbonyl (C=O) groups is 1. The van der Waals surface area contributed by atoms with Crippen LogP contribution < -0.4 is 0 Å². The van der Waals surface area contributed by atoms with Crippen LogP contribution in [0.1, 0.15) is 22.6 Å². The minimum atomic E-state index is -0.331. The fraction of sp³-hybridized carbons (Fsp3) is 0.278. The molecule has 4 N–H and O–H groups in total. The molecule has 2 aromatic carbocycles. The van der Waals surface area contributed by atoms with Crippen LogP contribution in [-0.4, -0.2) is 33.0 Å². The van der Waals surface area contributed by atoms with Crippen LogP contribution in [0.5, 0.6) is 23.0 Å². The van der Waals surface area contributed by atoms with Gasteiger partial charge in [0.05, 0.1) is 12.5 Å². The van der Waals surface area contributed by atoms with Crippen molar-refractivity contribution in [3.8, 4) is 23.0 Å². The Kier molecular flexibility index (Phi) is 3.09. The van der Waals surface area contributed by atoms with E-state index in [2.05, 4.69) is 0 Å². The number of hydrogen-bond donors (Lipinski definition) is 4. The van der Waals surface area contributed by atoms with E-state index in [1.54, 1.807) is 6.07 Å². The summed E-state index contributed by atoms with van der Waals surface area (Å²) in [5.74, 6) is -1.95. The number of hydrogen-bond acceptors (Lipinski definition) is 6. The molecule has 0 radical (unpaired) electrons. The fourth-order valence-corrected chi connectivity index (χ4v) is 3.87. The lowest BCUT2D eigenvalue weighted by Crippen LogP contribution is -2.30. The first-order chi connectivity index (χ1) is 11.5. The maximum Gasteiger partial charge on any atom is 0.309 e. The van der Waals surface area contributed by atoms with Gasteiger partial charge in [-0.3, -0.25) is 4.79 Å². The van der Waals surface area contributed by atoms with Gasteiger partial charge in [0.25, 0.3) is 0 Å². The molecular weight excluding hydrogens is 312 g/mol. The topological polar surface area (TPSA) is 107 Å². The van der Waals surface area contributed by atoms with Crippen LogP contribution in [-0.2, 0) is 16.0 Å². The van der Waals surface area contributed by atoms with Crippen LogP contribution in [0.3, 0.4) is 0 Å². The van der Waals surface area contributed by atoms with Gasteiger partial charge < -0.3 is 25.2 Å². The van der Waals surface area contributed by atoms with Crippen molar-refractivity contribution in [2.45, 2.75) is 12.3 Å². The predicted molar refractivity (Wildman–Crippen MR) is 83.0 cm³/mol. The molecule has 6 heteroatoms. The third-order valence-corrected chi connectivity index (χ3v) is 5.04. The van der Waals surface area contributed by atoms with Gasteiger partial charge in [-0.1, -0.05) is 6.07 Å². The Morgan fingerprint density at radius 2 is 1.62 bits per heavy atom. The Bertz CT molecular complexity index is 844. The molecule has 4 rings (SSSR count). The van der Waals surface area contributed by atoms with Gasteiger partial charge in [0.15, 0.2) is 23.0 Å². The standard InChI is InChI=1S/C18H16O6/c19-13-2-1-8(4-14(13)20)17-10-6-16(22)15(21)5-9(10)3-11-12(17)7-24-18(11)23/h1-2,4-6,11-12,17,19-22H,3,7H2/t11-,12+,17+/m1/s1. The molecule has 1 aliphatic heterocycles. The zero-order valence-electron chi connectivity index (χ0n) is 12.6. The van der Waals surface area contributed by atoms with Crippen molar-refractivity contribution >= 4 is 5.97 Å². The molecule has 0 spiro atoms. The molecule has 2 aliphatic rings. The van der Waals surface area contributed by atoms with Crippen LogP contribution in [0.15, 0.2) is 30.3 Å². The largest absolute Gasteiger partial charge is 0.504 e. The second kappa shape index (κ2) is 5.06. The van der Waals surface area contributed by atoms with Crippen molar-refractivity contribution in [2.75, 3.05) is 6.61 Å². The number of esters is 1. The molecule has 0 bridgehead atoms. The Labute approximate surface area is 137 Å². The highest BCUT2D eigenvalue weighted by atomic mass is 16.5. The Morgan fingerprint density at radius 1 is 0.917 bits per heavy atom. The summed E-state index contributed by atoms with van der Waals surface area (Å²) in [5.41, 5.74) is 2.27. The zero-order chi connectivity index (χ0) is 17.0. The zero-order valence-corrected chi connectivity index (χ0v) is 12.6. The molecule has 124 valence electrons. The van der Waals surface area contributed by atoms with Gasteiger partial charge in [-0.25, -0.2) is 0 Å². The summed E-state index contributed by atoms with van der Waals surface area (Å²) in [7, 11) is 0. The summed E-state index contributed by atoms with van der Waals surface area (Å²) < 4.78 is 5.22. The third kappa shape index (κ3) is 2.06. The highest BCUT2D eigenvalue weighted by Gasteiger charge is 2.47. The SMILES string of the molecule is O=C1OC[C@@H]2[C@@H](c3ccc(O)c(O)c3)c3cc(O)c(O)cc3C[C@@H]12. The average molecular weight is 328 g/mol. The Morgan fingerprint density at radius 3 is 2.38 bits per heavy atom. The molecule has 0 amide bonds. The molecule has 24 heavy (non-hydrogen) atoms. The minimum absolute atomic E-state index is 0.127. The summed E-state index contributed by atoms with van der Waals surface area (Å²) >= 11 is 0. The number of carbonyl (C=O) groups excluding carboxylic acids is 1. The van der Waals surface area contributed by atoms with Crippen molar-refractivity contribution in [1.82, 2.24) is 0 Å². The van der Waals surface area contributed by atoms with E-state index in [-0.39, 0.29) is 53.3 Å². The van der Waals surface area contributed by atoms with Crippen LogP contribution in [0, 0.1) is 11.8 Å². The molecule has 1 heterocycles. The molecule has 2 aromatic rings. The molecule has 1 saturated heterocycles. The van der Waals surface area contributed by atoms with Crippen LogP contribution in [0.25, 0.3) is 0 Å².